The number of aliphatic hydroxyl groups is 1. The molecule has 2 heterocycles. The molecule has 0 bridgehead atoms. The lowest BCUT2D eigenvalue weighted by molar-refractivity contribution is -0.136. The van der Waals surface area contributed by atoms with Crippen LogP contribution in [0, 0.1) is 5.82 Å². The van der Waals surface area contributed by atoms with Gasteiger partial charge in [0.2, 0.25) is 6.23 Å². The zero-order valence-corrected chi connectivity index (χ0v) is 19.8. The number of benzene rings is 2. The molecule has 2 aliphatic rings. The number of hydrogen-bond donors (Lipinski definition) is 3. The zero-order chi connectivity index (χ0) is 24.9. The molecule has 2 aromatic rings. The van der Waals surface area contributed by atoms with E-state index in [1.165, 1.54) is 11.6 Å². The van der Waals surface area contributed by atoms with Crippen molar-refractivity contribution < 1.29 is 23.8 Å². The average molecular weight is 483 g/mol. The Morgan fingerprint density at radius 3 is 2.57 bits per heavy atom. The fraction of sp³-hybridized carbons (Fsp3) is 0.385. The number of halogens is 1. The average Bonchev–Trinajstić information content (AvgIpc) is 3.19. The van der Waals surface area contributed by atoms with Crippen molar-refractivity contribution in [2.75, 3.05) is 31.6 Å². The van der Waals surface area contributed by atoms with Crippen LogP contribution in [-0.4, -0.2) is 59.3 Å². The van der Waals surface area contributed by atoms with Crippen LogP contribution in [0.2, 0.25) is 0 Å². The lowest BCUT2D eigenvalue weighted by atomic mass is 10.1. The Hall–Kier alpha value is -3.27. The predicted molar refractivity (Wildman–Crippen MR) is 130 cm³/mol. The number of amides is 2. The highest BCUT2D eigenvalue weighted by molar-refractivity contribution is 6.02. The molecule has 186 valence electrons. The summed E-state index contributed by atoms with van der Waals surface area (Å²) in [4.78, 5) is 28.5. The standard InChI is InChI=1S/C26H31FN4O4/c1-3-17(2)29-24(32)26(34)31-16-22-21(25(31)33)12-20(27)13-23(22)28-14-18-4-6-19(7-5-18)15-30-8-10-35-11-9-30/h4-7,12-13,26,28,34H,2-3,8-11,14-16H2,1H3,(H,29,32). The molecule has 0 saturated carbocycles. The Labute approximate surface area is 204 Å². The summed E-state index contributed by atoms with van der Waals surface area (Å²) >= 11 is 0. The van der Waals surface area contributed by atoms with Crippen molar-refractivity contribution in [3.8, 4) is 0 Å². The SMILES string of the molecule is C=C(CC)NC(=O)C(O)N1Cc2c(NCc3ccc(CN4CCOCC4)cc3)cc(F)cc2C1=O. The first-order chi connectivity index (χ1) is 16.9. The molecule has 4 rings (SSSR count). The van der Waals surface area contributed by atoms with Gasteiger partial charge in [-0.25, -0.2) is 4.39 Å². The van der Waals surface area contributed by atoms with Gasteiger partial charge >= 0.3 is 0 Å². The van der Waals surface area contributed by atoms with Crippen LogP contribution in [0.1, 0.15) is 40.4 Å². The largest absolute Gasteiger partial charge is 0.381 e. The zero-order valence-electron chi connectivity index (χ0n) is 19.8. The summed E-state index contributed by atoms with van der Waals surface area (Å²) in [6.07, 6.45) is -1.20. The van der Waals surface area contributed by atoms with E-state index in [4.69, 9.17) is 4.74 Å². The topological polar surface area (TPSA) is 94.1 Å². The second-order valence-electron chi connectivity index (χ2n) is 8.79. The second kappa shape index (κ2) is 11.0. The molecule has 3 N–H and O–H groups in total. The fourth-order valence-electron chi connectivity index (χ4n) is 4.20. The molecule has 0 spiro atoms. The maximum absolute atomic E-state index is 14.3. The molecule has 2 aromatic carbocycles. The third kappa shape index (κ3) is 5.87. The molecule has 0 aromatic heterocycles. The number of nitrogens with one attached hydrogen (secondary N) is 2. The lowest BCUT2D eigenvalue weighted by Gasteiger charge is -2.26. The quantitative estimate of drug-likeness (QED) is 0.509. The molecule has 1 fully saturated rings. The molecule has 35 heavy (non-hydrogen) atoms. The Morgan fingerprint density at radius 1 is 1.20 bits per heavy atom. The van der Waals surface area contributed by atoms with Gasteiger partial charge in [-0.2, -0.15) is 0 Å². The maximum atomic E-state index is 14.3. The first-order valence-electron chi connectivity index (χ1n) is 11.8. The Morgan fingerprint density at radius 2 is 1.89 bits per heavy atom. The van der Waals surface area contributed by atoms with Gasteiger partial charge in [-0.3, -0.25) is 14.5 Å². The molecule has 1 saturated heterocycles. The Kier molecular flexibility index (Phi) is 7.80. The number of rotatable bonds is 9. The van der Waals surface area contributed by atoms with Gasteiger partial charge in [0.1, 0.15) is 5.82 Å². The molecule has 2 aliphatic heterocycles. The lowest BCUT2D eigenvalue weighted by Crippen LogP contribution is -2.46. The first kappa shape index (κ1) is 24.8. The van der Waals surface area contributed by atoms with Crippen molar-refractivity contribution >= 4 is 17.5 Å². The van der Waals surface area contributed by atoms with Crippen molar-refractivity contribution in [3.63, 3.8) is 0 Å². The van der Waals surface area contributed by atoms with Crippen molar-refractivity contribution in [2.45, 2.75) is 39.2 Å². The van der Waals surface area contributed by atoms with E-state index < -0.39 is 23.9 Å². The fourth-order valence-corrected chi connectivity index (χ4v) is 4.20. The summed E-state index contributed by atoms with van der Waals surface area (Å²) in [6.45, 7) is 10.1. The summed E-state index contributed by atoms with van der Waals surface area (Å²) in [6, 6.07) is 10.7. The van der Waals surface area contributed by atoms with Crippen LogP contribution in [0.3, 0.4) is 0 Å². The van der Waals surface area contributed by atoms with Crippen molar-refractivity contribution in [1.29, 1.82) is 0 Å². The van der Waals surface area contributed by atoms with Gasteiger partial charge in [0.15, 0.2) is 0 Å². The monoisotopic (exact) mass is 482 g/mol. The van der Waals surface area contributed by atoms with Crippen LogP contribution in [0.25, 0.3) is 0 Å². The Balaban J connectivity index is 1.42. The minimum atomic E-state index is -1.70. The van der Waals surface area contributed by atoms with E-state index >= 15 is 0 Å². The van der Waals surface area contributed by atoms with E-state index in [0.29, 0.717) is 29.9 Å². The molecule has 1 unspecified atom stereocenters. The highest BCUT2D eigenvalue weighted by atomic mass is 19.1. The minimum absolute atomic E-state index is 0.0115. The van der Waals surface area contributed by atoms with Crippen LogP contribution < -0.4 is 10.6 Å². The summed E-state index contributed by atoms with van der Waals surface area (Å²) < 4.78 is 19.7. The van der Waals surface area contributed by atoms with Gasteiger partial charge in [0.25, 0.3) is 11.8 Å². The minimum Gasteiger partial charge on any atom is -0.381 e. The first-order valence-corrected chi connectivity index (χ1v) is 11.8. The van der Waals surface area contributed by atoms with Crippen molar-refractivity contribution in [1.82, 2.24) is 15.1 Å². The van der Waals surface area contributed by atoms with E-state index in [1.807, 2.05) is 19.1 Å². The number of hydrogen-bond acceptors (Lipinski definition) is 6. The number of allylic oxidation sites excluding steroid dienone is 1. The molecule has 0 aliphatic carbocycles. The van der Waals surface area contributed by atoms with E-state index in [1.54, 1.807) is 0 Å². The van der Waals surface area contributed by atoms with Crippen LogP contribution >= 0.6 is 0 Å². The molecular formula is C26H31FN4O4. The van der Waals surface area contributed by atoms with E-state index in [9.17, 15) is 19.1 Å². The predicted octanol–water partition coefficient (Wildman–Crippen LogP) is 2.58. The smallest absolute Gasteiger partial charge is 0.274 e. The van der Waals surface area contributed by atoms with Crippen molar-refractivity contribution in [3.05, 3.63) is 76.7 Å². The number of ether oxygens (including phenoxy) is 1. The Bertz CT molecular complexity index is 1100. The molecule has 1 atom stereocenters. The highest BCUT2D eigenvalue weighted by Gasteiger charge is 2.37. The number of carbonyl (C=O) groups excluding carboxylic acids is 2. The normalized spacial score (nSPS) is 16.7. The third-order valence-corrected chi connectivity index (χ3v) is 6.31. The van der Waals surface area contributed by atoms with Crippen molar-refractivity contribution in [2.24, 2.45) is 0 Å². The van der Waals surface area contributed by atoms with E-state index in [2.05, 4.69) is 34.2 Å². The highest BCUT2D eigenvalue weighted by Crippen LogP contribution is 2.32. The van der Waals surface area contributed by atoms with Gasteiger partial charge in [-0.1, -0.05) is 37.8 Å². The van der Waals surface area contributed by atoms with Crippen LogP contribution in [0.4, 0.5) is 10.1 Å². The molecule has 8 nitrogen and oxygen atoms in total. The summed E-state index contributed by atoms with van der Waals surface area (Å²) in [5.41, 5.74) is 3.78. The summed E-state index contributed by atoms with van der Waals surface area (Å²) in [7, 11) is 0. The summed E-state index contributed by atoms with van der Waals surface area (Å²) in [5.74, 6) is -1.91. The van der Waals surface area contributed by atoms with Crippen LogP contribution in [0.5, 0.6) is 0 Å². The number of fused-ring (bicyclic) bond motifs is 1. The number of carbonyl (C=O) groups is 2. The third-order valence-electron chi connectivity index (χ3n) is 6.31. The van der Waals surface area contributed by atoms with Crippen LogP contribution in [-0.2, 0) is 29.2 Å². The molecule has 0 radical (unpaired) electrons. The molecule has 2 amide bonds. The van der Waals surface area contributed by atoms with E-state index in [0.717, 1.165) is 49.4 Å². The number of aliphatic hydroxyl groups excluding tert-OH is 1. The van der Waals surface area contributed by atoms with E-state index in [-0.39, 0.29) is 12.1 Å². The maximum Gasteiger partial charge on any atom is 0.274 e. The van der Waals surface area contributed by atoms with Gasteiger partial charge in [0.05, 0.1) is 19.8 Å². The number of morpholine rings is 1. The molecule has 9 heteroatoms. The number of nitrogens with zero attached hydrogens (tertiary/aromatic N) is 2. The van der Waals surface area contributed by atoms with Gasteiger partial charge < -0.3 is 25.4 Å². The van der Waals surface area contributed by atoms with Gasteiger partial charge in [0, 0.05) is 48.7 Å². The molecular weight excluding hydrogens is 451 g/mol. The van der Waals surface area contributed by atoms with Gasteiger partial charge in [-0.15, -0.1) is 0 Å². The number of anilines is 1. The van der Waals surface area contributed by atoms with Gasteiger partial charge in [-0.05, 0) is 29.7 Å². The second-order valence-corrected chi connectivity index (χ2v) is 8.79. The van der Waals surface area contributed by atoms with Crippen LogP contribution in [0.15, 0.2) is 48.7 Å². The summed E-state index contributed by atoms with van der Waals surface area (Å²) in [5, 5.41) is 16.1.